The zero-order chi connectivity index (χ0) is 15.5. The number of amides is 1. The summed E-state index contributed by atoms with van der Waals surface area (Å²) in [6.07, 6.45) is 4.05. The molecule has 1 aromatic rings. The first kappa shape index (κ1) is 22.0. The molecule has 23 heavy (non-hydrogen) atoms. The summed E-state index contributed by atoms with van der Waals surface area (Å²) in [7, 11) is 4.03. The summed E-state index contributed by atoms with van der Waals surface area (Å²) in [4.78, 5) is 14.5. The predicted octanol–water partition coefficient (Wildman–Crippen LogP) is 3.12. The van der Waals surface area contributed by atoms with Gasteiger partial charge in [0, 0.05) is 31.9 Å². The van der Waals surface area contributed by atoms with Crippen molar-refractivity contribution in [1.82, 2.24) is 5.32 Å². The SMILES string of the molecule is CN(C)c1ccccc1CNC(=O)C1CCCCC1(C)N.Cl.Cl. The Morgan fingerprint density at radius 2 is 1.96 bits per heavy atom. The van der Waals surface area contributed by atoms with Gasteiger partial charge in [0.15, 0.2) is 0 Å². The summed E-state index contributed by atoms with van der Waals surface area (Å²) in [6, 6.07) is 8.13. The van der Waals surface area contributed by atoms with Crippen molar-refractivity contribution in [2.45, 2.75) is 44.7 Å². The van der Waals surface area contributed by atoms with Crippen LogP contribution in [0.25, 0.3) is 0 Å². The van der Waals surface area contributed by atoms with E-state index < -0.39 is 0 Å². The molecule has 0 heterocycles. The minimum absolute atomic E-state index is 0. The molecule has 4 nitrogen and oxygen atoms in total. The first-order chi connectivity index (χ1) is 9.92. The van der Waals surface area contributed by atoms with Crippen LogP contribution < -0.4 is 16.0 Å². The van der Waals surface area contributed by atoms with Gasteiger partial charge in [-0.25, -0.2) is 0 Å². The van der Waals surface area contributed by atoms with Crippen molar-refractivity contribution in [1.29, 1.82) is 0 Å². The first-order valence-corrected chi connectivity index (χ1v) is 7.73. The van der Waals surface area contributed by atoms with Gasteiger partial charge in [-0.15, -0.1) is 24.8 Å². The molecule has 0 spiro atoms. The maximum absolute atomic E-state index is 12.5. The molecule has 2 atom stereocenters. The molecule has 2 rings (SSSR count). The van der Waals surface area contributed by atoms with E-state index in [0.717, 1.165) is 36.9 Å². The van der Waals surface area contributed by atoms with Gasteiger partial charge in [0.2, 0.25) is 5.91 Å². The van der Waals surface area contributed by atoms with Gasteiger partial charge in [0.25, 0.3) is 0 Å². The van der Waals surface area contributed by atoms with Crippen LogP contribution in [-0.4, -0.2) is 25.5 Å². The van der Waals surface area contributed by atoms with Gasteiger partial charge in [-0.1, -0.05) is 31.0 Å². The molecule has 1 saturated carbocycles. The smallest absolute Gasteiger partial charge is 0.225 e. The number of anilines is 1. The maximum Gasteiger partial charge on any atom is 0.225 e. The molecule has 0 bridgehead atoms. The Morgan fingerprint density at radius 3 is 2.57 bits per heavy atom. The number of para-hydroxylation sites is 1. The van der Waals surface area contributed by atoms with Gasteiger partial charge >= 0.3 is 0 Å². The normalized spacial score (nSPS) is 23.2. The van der Waals surface area contributed by atoms with Crippen molar-refractivity contribution in [2.24, 2.45) is 11.7 Å². The molecule has 0 saturated heterocycles. The molecule has 132 valence electrons. The lowest BCUT2D eigenvalue weighted by Gasteiger charge is -2.37. The topological polar surface area (TPSA) is 58.4 Å². The number of carbonyl (C=O) groups is 1. The molecule has 6 heteroatoms. The van der Waals surface area contributed by atoms with E-state index in [2.05, 4.69) is 22.3 Å². The number of nitrogens with zero attached hydrogens (tertiary/aromatic N) is 1. The first-order valence-electron chi connectivity index (χ1n) is 7.73. The van der Waals surface area contributed by atoms with E-state index in [-0.39, 0.29) is 42.2 Å². The van der Waals surface area contributed by atoms with E-state index >= 15 is 0 Å². The van der Waals surface area contributed by atoms with Crippen LogP contribution in [-0.2, 0) is 11.3 Å². The average Bonchev–Trinajstić information content (AvgIpc) is 2.44. The lowest BCUT2D eigenvalue weighted by molar-refractivity contribution is -0.128. The average molecular weight is 362 g/mol. The van der Waals surface area contributed by atoms with E-state index in [4.69, 9.17) is 5.73 Å². The minimum Gasteiger partial charge on any atom is -0.377 e. The molecule has 1 fully saturated rings. The third-order valence-corrected chi connectivity index (χ3v) is 4.50. The molecule has 0 aliphatic heterocycles. The fourth-order valence-corrected chi connectivity index (χ4v) is 3.19. The van der Waals surface area contributed by atoms with Crippen LogP contribution in [0.15, 0.2) is 24.3 Å². The summed E-state index contributed by atoms with van der Waals surface area (Å²) in [5.41, 5.74) is 8.20. The van der Waals surface area contributed by atoms with E-state index in [1.54, 1.807) is 0 Å². The molecule has 3 N–H and O–H groups in total. The highest BCUT2D eigenvalue weighted by atomic mass is 35.5. The summed E-state index contributed by atoms with van der Waals surface area (Å²) < 4.78 is 0. The zero-order valence-corrected chi connectivity index (χ0v) is 15.8. The Hall–Kier alpha value is -0.970. The van der Waals surface area contributed by atoms with Crippen LogP contribution in [0.3, 0.4) is 0 Å². The number of carbonyl (C=O) groups excluding carboxylic acids is 1. The molecule has 1 amide bonds. The molecule has 0 aromatic heterocycles. The molecular weight excluding hydrogens is 333 g/mol. The van der Waals surface area contributed by atoms with Crippen LogP contribution >= 0.6 is 24.8 Å². The number of rotatable bonds is 4. The fraction of sp³-hybridized carbons (Fsp3) is 0.588. The molecule has 1 aromatic carbocycles. The van der Waals surface area contributed by atoms with Gasteiger partial charge in [0.1, 0.15) is 0 Å². The largest absolute Gasteiger partial charge is 0.377 e. The fourth-order valence-electron chi connectivity index (χ4n) is 3.19. The van der Waals surface area contributed by atoms with E-state index in [1.807, 2.05) is 33.2 Å². The Balaban J connectivity index is 0.00000242. The zero-order valence-electron chi connectivity index (χ0n) is 14.2. The minimum atomic E-state index is -0.372. The van der Waals surface area contributed by atoms with Crippen molar-refractivity contribution in [3.05, 3.63) is 29.8 Å². The predicted molar refractivity (Wildman–Crippen MR) is 102 cm³/mol. The van der Waals surface area contributed by atoms with Crippen molar-refractivity contribution in [3.8, 4) is 0 Å². The second-order valence-electron chi connectivity index (χ2n) is 6.55. The summed E-state index contributed by atoms with van der Waals surface area (Å²) in [6.45, 7) is 2.56. The van der Waals surface area contributed by atoms with Crippen molar-refractivity contribution >= 4 is 36.4 Å². The highest BCUT2D eigenvalue weighted by molar-refractivity contribution is 5.85. The highest BCUT2D eigenvalue weighted by Crippen LogP contribution is 2.31. The van der Waals surface area contributed by atoms with Crippen LogP contribution in [0.2, 0.25) is 0 Å². The van der Waals surface area contributed by atoms with Crippen LogP contribution in [0.5, 0.6) is 0 Å². The molecule has 2 unspecified atom stereocenters. The Kier molecular flexibility index (Phi) is 8.96. The Bertz CT molecular complexity index is 506. The number of nitrogens with one attached hydrogen (secondary N) is 1. The number of hydrogen-bond donors (Lipinski definition) is 2. The van der Waals surface area contributed by atoms with Gasteiger partial charge in [0.05, 0.1) is 5.92 Å². The summed E-state index contributed by atoms with van der Waals surface area (Å²) in [5.74, 6) is 0.0195. The van der Waals surface area contributed by atoms with Crippen LogP contribution in [0.1, 0.15) is 38.2 Å². The molecule has 1 aliphatic rings. The monoisotopic (exact) mass is 361 g/mol. The van der Waals surface area contributed by atoms with Gasteiger partial charge in [-0.05, 0) is 31.4 Å². The second kappa shape index (κ2) is 9.36. The number of benzene rings is 1. The number of hydrogen-bond acceptors (Lipinski definition) is 3. The highest BCUT2D eigenvalue weighted by Gasteiger charge is 2.37. The van der Waals surface area contributed by atoms with Crippen molar-refractivity contribution in [3.63, 3.8) is 0 Å². The lowest BCUT2D eigenvalue weighted by Crippen LogP contribution is -2.52. The maximum atomic E-state index is 12.5. The Morgan fingerprint density at radius 1 is 1.30 bits per heavy atom. The van der Waals surface area contributed by atoms with Gasteiger partial charge in [-0.3, -0.25) is 4.79 Å². The van der Waals surface area contributed by atoms with Crippen LogP contribution in [0, 0.1) is 5.92 Å². The summed E-state index contributed by atoms with van der Waals surface area (Å²) in [5, 5.41) is 3.07. The number of halogens is 2. The van der Waals surface area contributed by atoms with Crippen LogP contribution in [0.4, 0.5) is 5.69 Å². The Labute approximate surface area is 152 Å². The lowest BCUT2D eigenvalue weighted by atomic mass is 9.74. The number of nitrogens with two attached hydrogens (primary N) is 1. The van der Waals surface area contributed by atoms with E-state index in [1.165, 1.54) is 0 Å². The second-order valence-corrected chi connectivity index (χ2v) is 6.55. The molecular formula is C17H29Cl2N3O. The van der Waals surface area contributed by atoms with Crippen molar-refractivity contribution in [2.75, 3.05) is 19.0 Å². The van der Waals surface area contributed by atoms with Gasteiger partial charge < -0.3 is 16.0 Å². The molecule has 1 aliphatic carbocycles. The standard InChI is InChI=1S/C17H27N3O.2ClH/c1-17(18)11-7-6-9-14(17)16(21)19-12-13-8-4-5-10-15(13)20(2)3;;/h4-5,8,10,14H,6-7,9,11-12,18H2,1-3H3,(H,19,21);2*1H. The summed E-state index contributed by atoms with van der Waals surface area (Å²) >= 11 is 0. The quantitative estimate of drug-likeness (QED) is 0.865. The van der Waals surface area contributed by atoms with E-state index in [9.17, 15) is 4.79 Å². The third kappa shape index (κ3) is 5.55. The van der Waals surface area contributed by atoms with E-state index in [0.29, 0.717) is 6.54 Å². The molecule has 0 radical (unpaired) electrons. The van der Waals surface area contributed by atoms with Crippen molar-refractivity contribution < 1.29 is 4.79 Å². The van der Waals surface area contributed by atoms with Gasteiger partial charge in [-0.2, -0.15) is 0 Å². The third-order valence-electron chi connectivity index (χ3n) is 4.50.